The summed E-state index contributed by atoms with van der Waals surface area (Å²) in [7, 11) is 0. The van der Waals surface area contributed by atoms with Crippen LogP contribution in [0.2, 0.25) is 0 Å². The van der Waals surface area contributed by atoms with Crippen molar-refractivity contribution in [3.05, 3.63) is 64.7 Å². The molecule has 2 aromatic carbocycles. The average molecular weight is 388 g/mol. The second kappa shape index (κ2) is 6.41. The lowest BCUT2D eigenvalue weighted by atomic mass is 10.0. The van der Waals surface area contributed by atoms with Crippen LogP contribution in [-0.2, 0) is 13.0 Å². The molecule has 2 aromatic heterocycles. The maximum absolute atomic E-state index is 10.9. The Hall–Kier alpha value is -3.74. The van der Waals surface area contributed by atoms with Gasteiger partial charge >= 0.3 is 0 Å². The zero-order valence-electron chi connectivity index (χ0n) is 15.9. The van der Waals surface area contributed by atoms with E-state index in [1.165, 1.54) is 9.36 Å². The van der Waals surface area contributed by atoms with Crippen molar-refractivity contribution in [2.45, 2.75) is 26.3 Å². The van der Waals surface area contributed by atoms with Gasteiger partial charge in [-0.25, -0.2) is 0 Å². The number of phenolic OH excluding ortho intramolecular Hbond substituents is 1. The molecule has 3 N–H and O–H groups in total. The number of aromatic nitrogens is 4. The van der Waals surface area contributed by atoms with E-state index in [9.17, 15) is 15.3 Å². The molecule has 4 aromatic rings. The molecule has 0 unspecified atom stereocenters. The minimum atomic E-state index is -0.00106. The first-order valence-corrected chi connectivity index (χ1v) is 9.47. The normalized spacial score (nSPS) is 13.1. The minimum absolute atomic E-state index is 0.00106. The Morgan fingerprint density at radius 2 is 1.72 bits per heavy atom. The minimum Gasteiger partial charge on any atom is -0.505 e. The van der Waals surface area contributed by atoms with Gasteiger partial charge in [-0.15, -0.1) is 15.0 Å². The molecular formula is C22H20N4O3. The fourth-order valence-electron chi connectivity index (χ4n) is 3.91. The van der Waals surface area contributed by atoms with Crippen LogP contribution in [0.1, 0.15) is 28.7 Å². The van der Waals surface area contributed by atoms with Crippen LogP contribution in [0.4, 0.5) is 0 Å². The van der Waals surface area contributed by atoms with Crippen molar-refractivity contribution < 1.29 is 15.3 Å². The number of nitrogens with zero attached hydrogens (tertiary/aromatic N) is 4. The van der Waals surface area contributed by atoms with E-state index in [0.717, 1.165) is 28.6 Å². The van der Waals surface area contributed by atoms with Crippen LogP contribution in [0.5, 0.6) is 17.5 Å². The lowest BCUT2D eigenvalue weighted by Crippen LogP contribution is -2.05. The molecule has 0 spiro atoms. The molecule has 0 aliphatic heterocycles. The van der Waals surface area contributed by atoms with Crippen molar-refractivity contribution >= 4 is 17.1 Å². The van der Waals surface area contributed by atoms with Gasteiger partial charge < -0.3 is 15.3 Å². The average Bonchev–Trinajstić information content (AvgIpc) is 3.26. The van der Waals surface area contributed by atoms with Crippen molar-refractivity contribution in [3.8, 4) is 23.2 Å². The summed E-state index contributed by atoms with van der Waals surface area (Å²) in [6.07, 6.45) is 5.29. The Bertz CT molecular complexity index is 1250. The van der Waals surface area contributed by atoms with Gasteiger partial charge in [0, 0.05) is 16.7 Å². The highest BCUT2D eigenvalue weighted by Crippen LogP contribution is 2.39. The zero-order valence-corrected chi connectivity index (χ0v) is 15.9. The van der Waals surface area contributed by atoms with Gasteiger partial charge in [-0.1, -0.05) is 30.4 Å². The fourth-order valence-corrected chi connectivity index (χ4v) is 3.91. The fraction of sp³-hybridized carbons (Fsp3) is 0.182. The number of benzene rings is 2. The van der Waals surface area contributed by atoms with Gasteiger partial charge in [-0.3, -0.25) is 4.57 Å². The first-order valence-electron chi connectivity index (χ1n) is 9.47. The molecule has 0 saturated heterocycles. The van der Waals surface area contributed by atoms with Gasteiger partial charge in [-0.05, 0) is 43.5 Å². The van der Waals surface area contributed by atoms with Crippen molar-refractivity contribution in [3.63, 3.8) is 0 Å². The predicted molar refractivity (Wildman–Crippen MR) is 109 cm³/mol. The monoisotopic (exact) mass is 388 g/mol. The highest BCUT2D eigenvalue weighted by molar-refractivity contribution is 5.74. The lowest BCUT2D eigenvalue weighted by molar-refractivity contribution is 0.372. The standard InChI is InChI=1S/C22H20N4O3/c1-13-10-14(12-25-21(28)15-6-2-3-7-16(15)22(25)29)20(27)19(11-13)26-23-17-8-4-5-9-18(17)24-26/h2,4-6,8-11,27-29H,3,7,12H2,1H3. The molecule has 0 fully saturated rings. The van der Waals surface area contributed by atoms with E-state index in [1.54, 1.807) is 6.07 Å². The van der Waals surface area contributed by atoms with Crippen LogP contribution in [0, 0.1) is 6.92 Å². The number of aryl methyl sites for hydroxylation is 1. The molecule has 7 nitrogen and oxygen atoms in total. The van der Waals surface area contributed by atoms with E-state index in [-0.39, 0.29) is 24.1 Å². The Balaban J connectivity index is 1.61. The van der Waals surface area contributed by atoms with Gasteiger partial charge in [0.15, 0.2) is 5.88 Å². The summed E-state index contributed by atoms with van der Waals surface area (Å²) in [6, 6.07) is 11.1. The number of aromatic hydroxyl groups is 3. The number of rotatable bonds is 3. The topological polar surface area (TPSA) is 96.3 Å². The van der Waals surface area contributed by atoms with Crippen molar-refractivity contribution in [1.29, 1.82) is 0 Å². The number of allylic oxidation sites excluding steroid dienone is 1. The van der Waals surface area contributed by atoms with Gasteiger partial charge in [-0.2, -0.15) is 0 Å². The molecule has 146 valence electrons. The van der Waals surface area contributed by atoms with Crippen molar-refractivity contribution in [1.82, 2.24) is 19.6 Å². The third-order valence-corrected chi connectivity index (χ3v) is 5.34. The molecule has 0 radical (unpaired) electrons. The first-order chi connectivity index (χ1) is 14.0. The summed E-state index contributed by atoms with van der Waals surface area (Å²) >= 11 is 0. The molecule has 5 rings (SSSR count). The van der Waals surface area contributed by atoms with E-state index in [2.05, 4.69) is 10.2 Å². The van der Waals surface area contributed by atoms with Gasteiger partial charge in [0.25, 0.3) is 0 Å². The molecule has 29 heavy (non-hydrogen) atoms. The van der Waals surface area contributed by atoms with Crippen LogP contribution in [0.25, 0.3) is 22.8 Å². The van der Waals surface area contributed by atoms with Gasteiger partial charge in [0.05, 0.1) is 6.54 Å². The predicted octanol–water partition coefficient (Wildman–Crippen LogP) is 3.65. The zero-order chi connectivity index (χ0) is 20.1. The molecule has 0 amide bonds. The van der Waals surface area contributed by atoms with E-state index in [4.69, 9.17) is 0 Å². The number of phenols is 1. The first kappa shape index (κ1) is 17.4. The number of fused-ring (bicyclic) bond motifs is 2. The SMILES string of the molecule is Cc1cc(Cn2c(O)c3c(c2O)CCC=C3)c(O)c(-n2nc3ccccc3n2)c1. The molecule has 0 bridgehead atoms. The lowest BCUT2D eigenvalue weighted by Gasteiger charge is -2.13. The summed E-state index contributed by atoms with van der Waals surface area (Å²) < 4.78 is 1.42. The van der Waals surface area contributed by atoms with Gasteiger partial charge in [0.1, 0.15) is 22.5 Å². The number of hydrogen-bond donors (Lipinski definition) is 3. The largest absolute Gasteiger partial charge is 0.505 e. The van der Waals surface area contributed by atoms with Gasteiger partial charge in [0.2, 0.25) is 5.88 Å². The Labute approximate surface area is 166 Å². The molecule has 2 heterocycles. The summed E-state index contributed by atoms with van der Waals surface area (Å²) in [5.41, 5.74) is 4.75. The summed E-state index contributed by atoms with van der Waals surface area (Å²) in [6.45, 7) is 2.04. The smallest absolute Gasteiger partial charge is 0.201 e. The quantitative estimate of drug-likeness (QED) is 0.498. The van der Waals surface area contributed by atoms with E-state index in [1.807, 2.05) is 49.4 Å². The highest BCUT2D eigenvalue weighted by Gasteiger charge is 2.23. The number of hydrogen-bond acceptors (Lipinski definition) is 5. The maximum atomic E-state index is 10.9. The van der Waals surface area contributed by atoms with Crippen LogP contribution >= 0.6 is 0 Å². The van der Waals surface area contributed by atoms with Crippen LogP contribution in [0.3, 0.4) is 0 Å². The van der Waals surface area contributed by atoms with E-state index >= 15 is 0 Å². The third kappa shape index (κ3) is 2.74. The molecule has 1 aliphatic carbocycles. The summed E-state index contributed by atoms with van der Waals surface area (Å²) in [4.78, 5) is 1.42. The van der Waals surface area contributed by atoms with E-state index < -0.39 is 0 Å². The third-order valence-electron chi connectivity index (χ3n) is 5.34. The Morgan fingerprint density at radius 3 is 2.41 bits per heavy atom. The second-order valence-electron chi connectivity index (χ2n) is 7.34. The molecule has 7 heteroatoms. The summed E-state index contributed by atoms with van der Waals surface area (Å²) in [5, 5.41) is 41.1. The summed E-state index contributed by atoms with van der Waals surface area (Å²) in [5.74, 6) is 0.0445. The molecule has 0 saturated carbocycles. The van der Waals surface area contributed by atoms with Crippen molar-refractivity contribution in [2.75, 3.05) is 0 Å². The second-order valence-corrected chi connectivity index (χ2v) is 7.34. The molecular weight excluding hydrogens is 368 g/mol. The maximum Gasteiger partial charge on any atom is 0.201 e. The van der Waals surface area contributed by atoms with Crippen LogP contribution in [0.15, 0.2) is 42.5 Å². The highest BCUT2D eigenvalue weighted by atomic mass is 16.3. The molecule has 0 atom stereocenters. The van der Waals surface area contributed by atoms with Crippen LogP contribution < -0.4 is 0 Å². The van der Waals surface area contributed by atoms with Crippen molar-refractivity contribution in [2.24, 2.45) is 0 Å². The van der Waals surface area contributed by atoms with Crippen LogP contribution in [-0.4, -0.2) is 34.9 Å². The molecule has 1 aliphatic rings. The van der Waals surface area contributed by atoms with E-state index in [0.29, 0.717) is 23.2 Å². The Morgan fingerprint density at radius 1 is 1.00 bits per heavy atom. The Kier molecular flexibility index (Phi) is 3.84.